The number of fused-ring (bicyclic) bond motifs is 2. The topological polar surface area (TPSA) is 71.1 Å². The maximum absolute atomic E-state index is 12.4. The van der Waals surface area contributed by atoms with Crippen molar-refractivity contribution in [2.45, 2.75) is 39.0 Å². The van der Waals surface area contributed by atoms with Crippen LogP contribution in [0.15, 0.2) is 30.3 Å². The maximum Gasteiger partial charge on any atom is 0.281 e. The molecule has 0 radical (unpaired) electrons. The molecule has 3 atom stereocenters. The molecular weight excluding hydrogens is 346 g/mol. The summed E-state index contributed by atoms with van der Waals surface area (Å²) in [4.78, 5) is 29.6. The van der Waals surface area contributed by atoms with E-state index in [4.69, 9.17) is 0 Å². The predicted molar refractivity (Wildman–Crippen MR) is 101 cm³/mol. The number of aryl methyl sites for hydroxylation is 1. The Labute approximate surface area is 157 Å². The number of hydrogen-bond donors (Lipinski definition) is 2. The van der Waals surface area contributed by atoms with Crippen LogP contribution in [0.2, 0.25) is 0 Å². The van der Waals surface area contributed by atoms with Gasteiger partial charge < -0.3 is 0 Å². The fourth-order valence-corrected chi connectivity index (χ4v) is 5.38. The van der Waals surface area contributed by atoms with Gasteiger partial charge in [-0.3, -0.25) is 20.4 Å². The normalized spacial score (nSPS) is 23.8. The van der Waals surface area contributed by atoms with Crippen molar-refractivity contribution in [2.24, 2.45) is 17.8 Å². The van der Waals surface area contributed by atoms with Crippen molar-refractivity contribution in [3.8, 4) is 10.6 Å². The van der Waals surface area contributed by atoms with Crippen LogP contribution in [0.25, 0.3) is 10.6 Å². The summed E-state index contributed by atoms with van der Waals surface area (Å²) >= 11 is 1.34. The fourth-order valence-electron chi connectivity index (χ4n) is 4.41. The van der Waals surface area contributed by atoms with Crippen LogP contribution in [0.3, 0.4) is 0 Å². The molecule has 6 heteroatoms. The molecule has 5 nitrogen and oxygen atoms in total. The van der Waals surface area contributed by atoms with Gasteiger partial charge in [0.1, 0.15) is 9.88 Å². The molecular formula is C20H23N3O2S. The Balaban J connectivity index is 1.33. The smallest absolute Gasteiger partial charge is 0.273 e. The van der Waals surface area contributed by atoms with E-state index in [1.807, 2.05) is 37.3 Å². The predicted octanol–water partition coefficient (Wildman–Crippen LogP) is 3.71. The third-order valence-corrected chi connectivity index (χ3v) is 6.88. The number of hydrazine groups is 1. The largest absolute Gasteiger partial charge is 0.281 e. The lowest BCUT2D eigenvalue weighted by atomic mass is 9.86. The van der Waals surface area contributed by atoms with E-state index in [1.165, 1.54) is 37.0 Å². The first-order valence-corrected chi connectivity index (χ1v) is 10.0. The molecule has 1 heterocycles. The first kappa shape index (κ1) is 17.2. The summed E-state index contributed by atoms with van der Waals surface area (Å²) in [6, 6.07) is 9.78. The zero-order valence-corrected chi connectivity index (χ0v) is 15.6. The van der Waals surface area contributed by atoms with Gasteiger partial charge in [0.25, 0.3) is 5.91 Å². The summed E-state index contributed by atoms with van der Waals surface area (Å²) in [5.41, 5.74) is 6.80. The fraction of sp³-hybridized carbons (Fsp3) is 0.450. The number of nitrogens with zero attached hydrogens (tertiary/aromatic N) is 1. The lowest BCUT2D eigenvalue weighted by Gasteiger charge is -2.20. The van der Waals surface area contributed by atoms with Gasteiger partial charge in [-0.15, -0.1) is 11.3 Å². The van der Waals surface area contributed by atoms with Crippen LogP contribution < -0.4 is 10.9 Å². The molecule has 3 unspecified atom stereocenters. The van der Waals surface area contributed by atoms with Crippen molar-refractivity contribution in [1.82, 2.24) is 15.8 Å². The van der Waals surface area contributed by atoms with E-state index in [0.29, 0.717) is 28.8 Å². The number of hydrogen-bond acceptors (Lipinski definition) is 4. The Kier molecular flexibility index (Phi) is 4.76. The van der Waals surface area contributed by atoms with E-state index < -0.39 is 0 Å². The third-order valence-electron chi connectivity index (χ3n) is 5.67. The standard InChI is InChI=1S/C20H23N3O2S/c1-12-18(26-20(21-12)14-5-3-2-4-6-14)19(25)23-22-17(24)11-16-10-13-7-8-15(16)9-13/h2-6,13,15-16H,7-11H2,1H3,(H,22,24)(H,23,25). The minimum absolute atomic E-state index is 0.0960. The van der Waals surface area contributed by atoms with E-state index in [1.54, 1.807) is 0 Å². The van der Waals surface area contributed by atoms with Gasteiger partial charge in [-0.25, -0.2) is 4.98 Å². The van der Waals surface area contributed by atoms with Gasteiger partial charge in [0, 0.05) is 12.0 Å². The van der Waals surface area contributed by atoms with E-state index in [0.717, 1.165) is 16.5 Å². The third kappa shape index (κ3) is 3.51. The lowest BCUT2D eigenvalue weighted by molar-refractivity contribution is -0.123. The molecule has 0 aliphatic heterocycles. The lowest BCUT2D eigenvalue weighted by Crippen LogP contribution is -2.42. The van der Waals surface area contributed by atoms with Crippen LogP contribution in [-0.2, 0) is 4.79 Å². The number of nitrogens with one attached hydrogen (secondary N) is 2. The molecule has 2 aliphatic carbocycles. The molecule has 4 rings (SSSR count). The van der Waals surface area contributed by atoms with Crippen LogP contribution in [0, 0.1) is 24.7 Å². The molecule has 136 valence electrons. The number of amides is 2. The quantitative estimate of drug-likeness (QED) is 0.807. The summed E-state index contributed by atoms with van der Waals surface area (Å²) in [7, 11) is 0. The molecule has 2 N–H and O–H groups in total. The molecule has 2 bridgehead atoms. The van der Waals surface area contributed by atoms with Gasteiger partial charge in [0.2, 0.25) is 5.91 Å². The van der Waals surface area contributed by atoms with Crippen molar-refractivity contribution < 1.29 is 9.59 Å². The molecule has 0 saturated heterocycles. The van der Waals surface area contributed by atoms with Crippen molar-refractivity contribution >= 4 is 23.2 Å². The van der Waals surface area contributed by atoms with Crippen LogP contribution in [0.5, 0.6) is 0 Å². The zero-order chi connectivity index (χ0) is 18.1. The Bertz CT molecular complexity index is 818. The molecule has 2 fully saturated rings. The highest BCUT2D eigenvalue weighted by molar-refractivity contribution is 7.17. The summed E-state index contributed by atoms with van der Waals surface area (Å²) < 4.78 is 0. The molecule has 0 spiro atoms. The number of rotatable bonds is 4. The number of carbonyl (C=O) groups excluding carboxylic acids is 2. The molecule has 2 amide bonds. The summed E-state index contributed by atoms with van der Waals surface area (Å²) in [6.07, 6.45) is 5.55. The van der Waals surface area contributed by atoms with Crippen molar-refractivity contribution in [1.29, 1.82) is 0 Å². The van der Waals surface area contributed by atoms with Gasteiger partial charge in [0.05, 0.1) is 5.69 Å². The van der Waals surface area contributed by atoms with Gasteiger partial charge in [-0.05, 0) is 43.9 Å². The highest BCUT2D eigenvalue weighted by Gasteiger charge is 2.40. The van der Waals surface area contributed by atoms with E-state index in [9.17, 15) is 9.59 Å². The number of benzene rings is 1. The van der Waals surface area contributed by atoms with Crippen LogP contribution in [-0.4, -0.2) is 16.8 Å². The van der Waals surface area contributed by atoms with Gasteiger partial charge in [0.15, 0.2) is 0 Å². The van der Waals surface area contributed by atoms with Crippen molar-refractivity contribution in [3.05, 3.63) is 40.9 Å². The molecule has 2 saturated carbocycles. The van der Waals surface area contributed by atoms with Crippen LogP contribution in [0.4, 0.5) is 0 Å². The highest BCUT2D eigenvalue weighted by atomic mass is 32.1. The SMILES string of the molecule is Cc1nc(-c2ccccc2)sc1C(=O)NNC(=O)CC1CC2CCC1C2. The number of carbonyl (C=O) groups is 2. The van der Waals surface area contributed by atoms with Crippen molar-refractivity contribution in [2.75, 3.05) is 0 Å². The minimum Gasteiger partial charge on any atom is -0.273 e. The van der Waals surface area contributed by atoms with E-state index in [-0.39, 0.29) is 11.8 Å². The Hall–Kier alpha value is -2.21. The second kappa shape index (κ2) is 7.19. The monoisotopic (exact) mass is 369 g/mol. The summed E-state index contributed by atoms with van der Waals surface area (Å²) in [5.74, 6) is 1.62. The van der Waals surface area contributed by atoms with Gasteiger partial charge >= 0.3 is 0 Å². The van der Waals surface area contributed by atoms with E-state index >= 15 is 0 Å². The number of aromatic nitrogens is 1. The van der Waals surface area contributed by atoms with Gasteiger partial charge in [-0.1, -0.05) is 36.8 Å². The highest BCUT2D eigenvalue weighted by Crippen LogP contribution is 2.49. The van der Waals surface area contributed by atoms with E-state index in [2.05, 4.69) is 15.8 Å². The maximum atomic E-state index is 12.4. The van der Waals surface area contributed by atoms with Gasteiger partial charge in [-0.2, -0.15) is 0 Å². The molecule has 1 aromatic carbocycles. The Morgan fingerprint density at radius 3 is 2.65 bits per heavy atom. The minimum atomic E-state index is -0.302. The number of thiazole rings is 1. The Morgan fingerprint density at radius 2 is 1.96 bits per heavy atom. The van der Waals surface area contributed by atoms with Crippen LogP contribution >= 0.6 is 11.3 Å². The second-order valence-corrected chi connectivity index (χ2v) is 8.44. The molecule has 2 aromatic rings. The Morgan fingerprint density at radius 1 is 1.15 bits per heavy atom. The first-order valence-electron chi connectivity index (χ1n) is 9.22. The first-order chi connectivity index (χ1) is 12.6. The van der Waals surface area contributed by atoms with Crippen molar-refractivity contribution in [3.63, 3.8) is 0 Å². The average Bonchev–Trinajstić information content (AvgIpc) is 3.36. The zero-order valence-electron chi connectivity index (χ0n) is 14.8. The molecule has 1 aromatic heterocycles. The van der Waals surface area contributed by atoms with Crippen LogP contribution in [0.1, 0.15) is 47.5 Å². The second-order valence-electron chi connectivity index (χ2n) is 7.44. The molecule has 2 aliphatic rings. The average molecular weight is 369 g/mol. The summed E-state index contributed by atoms with van der Waals surface area (Å²) in [6.45, 7) is 1.81. The summed E-state index contributed by atoms with van der Waals surface area (Å²) in [5, 5.41) is 0.807. The molecule has 26 heavy (non-hydrogen) atoms.